The molecule has 2 amide bonds. The van der Waals surface area contributed by atoms with E-state index in [1.807, 2.05) is 6.07 Å². The van der Waals surface area contributed by atoms with E-state index >= 15 is 0 Å². The summed E-state index contributed by atoms with van der Waals surface area (Å²) in [5.74, 6) is 5.54. The minimum Gasteiger partial charge on any atom is -0.457 e. The average molecular weight is 477 g/mol. The lowest BCUT2D eigenvalue weighted by molar-refractivity contribution is -0.111. The largest absolute Gasteiger partial charge is 0.457 e. The Morgan fingerprint density at radius 1 is 0.972 bits per heavy atom. The van der Waals surface area contributed by atoms with Crippen molar-refractivity contribution in [1.29, 1.82) is 5.26 Å². The van der Waals surface area contributed by atoms with Crippen molar-refractivity contribution in [1.82, 2.24) is 9.97 Å². The third-order valence-electron chi connectivity index (χ3n) is 4.85. The van der Waals surface area contributed by atoms with E-state index in [1.54, 1.807) is 60.8 Å². The monoisotopic (exact) mass is 477 g/mol. The molecule has 0 aliphatic rings. The molecule has 0 spiro atoms. The van der Waals surface area contributed by atoms with Crippen LogP contribution in [0, 0.1) is 23.2 Å². The highest BCUT2D eigenvalue weighted by Crippen LogP contribution is 2.31. The number of amides is 2. The summed E-state index contributed by atoms with van der Waals surface area (Å²) >= 11 is 0. The van der Waals surface area contributed by atoms with Crippen LogP contribution in [-0.2, 0) is 9.53 Å². The average Bonchev–Trinajstić information content (AvgIpc) is 2.89. The van der Waals surface area contributed by atoms with E-state index in [-0.39, 0.29) is 18.3 Å². The first-order valence-corrected chi connectivity index (χ1v) is 10.7. The smallest absolute Gasteiger partial charge is 0.300 e. The first-order valence-electron chi connectivity index (χ1n) is 10.7. The van der Waals surface area contributed by atoms with Crippen LogP contribution in [0.2, 0.25) is 0 Å². The number of hydrogen-bond donors (Lipinski definition) is 2. The lowest BCUT2D eigenvalue weighted by atomic mass is 10.1. The van der Waals surface area contributed by atoms with Gasteiger partial charge in [0.2, 0.25) is 0 Å². The fraction of sp³-hybridized carbons (Fsp3) is 0.0741. The van der Waals surface area contributed by atoms with E-state index in [2.05, 4.69) is 32.4 Å². The van der Waals surface area contributed by atoms with Crippen LogP contribution in [0.3, 0.4) is 0 Å². The van der Waals surface area contributed by atoms with E-state index < -0.39 is 5.91 Å². The summed E-state index contributed by atoms with van der Waals surface area (Å²) in [5, 5.41) is 15.0. The van der Waals surface area contributed by atoms with Crippen LogP contribution < -0.4 is 15.4 Å². The van der Waals surface area contributed by atoms with E-state index in [1.165, 1.54) is 19.4 Å². The van der Waals surface area contributed by atoms with E-state index in [0.717, 1.165) is 0 Å². The van der Waals surface area contributed by atoms with Crippen LogP contribution in [0.1, 0.15) is 15.9 Å². The lowest BCUT2D eigenvalue weighted by Crippen LogP contribution is -2.12. The molecule has 36 heavy (non-hydrogen) atoms. The Kier molecular flexibility index (Phi) is 7.47. The van der Waals surface area contributed by atoms with Gasteiger partial charge in [0.25, 0.3) is 11.8 Å². The first-order chi connectivity index (χ1) is 17.6. The van der Waals surface area contributed by atoms with Gasteiger partial charge in [-0.05, 0) is 66.6 Å². The maximum absolute atomic E-state index is 12.5. The molecule has 0 fully saturated rings. The van der Waals surface area contributed by atoms with Crippen molar-refractivity contribution in [2.45, 2.75) is 0 Å². The maximum Gasteiger partial charge on any atom is 0.300 e. The molecule has 0 saturated carbocycles. The molecule has 2 N–H and O–H groups in total. The normalized spacial score (nSPS) is 10.0. The summed E-state index contributed by atoms with van der Waals surface area (Å²) in [6.45, 7) is 0.165. The van der Waals surface area contributed by atoms with Gasteiger partial charge in [-0.15, -0.1) is 0 Å². The molecule has 2 aromatic heterocycles. The van der Waals surface area contributed by atoms with E-state index in [4.69, 9.17) is 14.7 Å². The third kappa shape index (κ3) is 6.00. The van der Waals surface area contributed by atoms with Gasteiger partial charge in [-0.3, -0.25) is 14.6 Å². The predicted molar refractivity (Wildman–Crippen MR) is 133 cm³/mol. The Morgan fingerprint density at radius 2 is 1.78 bits per heavy atom. The molecule has 0 aliphatic carbocycles. The second kappa shape index (κ2) is 11.3. The molecule has 0 aliphatic heterocycles. The zero-order chi connectivity index (χ0) is 25.3. The van der Waals surface area contributed by atoms with Crippen molar-refractivity contribution in [2.24, 2.45) is 0 Å². The van der Waals surface area contributed by atoms with Crippen molar-refractivity contribution in [3.05, 3.63) is 84.2 Å². The molecule has 176 valence electrons. The SMILES string of the molecule is COCC#CC(=O)Nc1ccc2nccc(Oc3ccc(C(=O)Nc4cc(C#N)ccn4)cc3)c2c1. The number of nitriles is 1. The highest BCUT2D eigenvalue weighted by Gasteiger charge is 2.10. The topological polar surface area (TPSA) is 126 Å². The van der Waals surface area contributed by atoms with Gasteiger partial charge in [0.15, 0.2) is 0 Å². The van der Waals surface area contributed by atoms with Crippen LogP contribution >= 0.6 is 0 Å². The summed E-state index contributed by atoms with van der Waals surface area (Å²) < 4.78 is 10.9. The van der Waals surface area contributed by atoms with Gasteiger partial charge in [0, 0.05) is 36.1 Å². The van der Waals surface area contributed by atoms with E-state index in [9.17, 15) is 9.59 Å². The number of anilines is 2. The van der Waals surface area contributed by atoms with Crippen molar-refractivity contribution in [3.63, 3.8) is 0 Å². The highest BCUT2D eigenvalue weighted by atomic mass is 16.5. The van der Waals surface area contributed by atoms with Gasteiger partial charge in [-0.25, -0.2) is 4.98 Å². The molecule has 4 rings (SSSR count). The Balaban J connectivity index is 1.49. The second-order valence-corrected chi connectivity index (χ2v) is 7.35. The molecule has 0 radical (unpaired) electrons. The zero-order valence-electron chi connectivity index (χ0n) is 19.1. The van der Waals surface area contributed by atoms with Gasteiger partial charge >= 0.3 is 0 Å². The third-order valence-corrected chi connectivity index (χ3v) is 4.85. The van der Waals surface area contributed by atoms with Crippen LogP contribution in [0.5, 0.6) is 11.5 Å². The summed E-state index contributed by atoms with van der Waals surface area (Å²) in [5.41, 5.74) is 2.01. The Labute approximate surface area is 206 Å². The molecule has 2 aromatic carbocycles. The molecule has 4 aromatic rings. The summed E-state index contributed by atoms with van der Waals surface area (Å²) in [6, 6.07) is 18.6. The van der Waals surface area contributed by atoms with Gasteiger partial charge in [0.1, 0.15) is 23.9 Å². The number of benzene rings is 2. The number of aromatic nitrogens is 2. The number of ether oxygens (including phenoxy) is 2. The fourth-order valence-corrected chi connectivity index (χ4v) is 3.20. The standard InChI is InChI=1S/C27H19N5O4/c1-35-14-2-3-26(33)31-20-6-9-23-22(16-20)24(11-13-29-23)36-21-7-4-19(5-8-21)27(34)32-25-15-18(17-28)10-12-30-25/h4-13,15-16H,14H2,1H3,(H,31,33)(H,30,32,34). The number of nitrogens with one attached hydrogen (secondary N) is 2. The number of nitrogens with zero attached hydrogens (tertiary/aromatic N) is 3. The number of rotatable bonds is 6. The molecule has 0 atom stereocenters. The highest BCUT2D eigenvalue weighted by molar-refractivity contribution is 6.05. The summed E-state index contributed by atoms with van der Waals surface area (Å²) in [7, 11) is 1.50. The zero-order valence-corrected chi connectivity index (χ0v) is 19.1. The van der Waals surface area contributed by atoms with Crippen LogP contribution in [0.15, 0.2) is 73.1 Å². The Hall–Kier alpha value is -5.25. The number of hydrogen-bond acceptors (Lipinski definition) is 7. The number of carbonyl (C=O) groups is 2. The fourth-order valence-electron chi connectivity index (χ4n) is 3.20. The van der Waals surface area contributed by atoms with Gasteiger partial charge in [-0.2, -0.15) is 5.26 Å². The quantitative estimate of drug-likeness (QED) is 0.400. The van der Waals surface area contributed by atoms with Crippen molar-refractivity contribution in [3.8, 4) is 29.4 Å². The molecular weight excluding hydrogens is 458 g/mol. The number of pyridine rings is 2. The molecular formula is C27H19N5O4. The Morgan fingerprint density at radius 3 is 2.56 bits per heavy atom. The minimum absolute atomic E-state index is 0.165. The van der Waals surface area contributed by atoms with Gasteiger partial charge < -0.3 is 20.1 Å². The molecule has 2 heterocycles. The molecule has 0 bridgehead atoms. The summed E-state index contributed by atoms with van der Waals surface area (Å²) in [6.07, 6.45) is 3.08. The molecule has 0 unspecified atom stereocenters. The van der Waals surface area contributed by atoms with Crippen molar-refractivity contribution < 1.29 is 19.1 Å². The summed E-state index contributed by atoms with van der Waals surface area (Å²) in [4.78, 5) is 32.9. The molecule has 9 heteroatoms. The number of methoxy groups -OCH3 is 1. The number of carbonyl (C=O) groups excluding carboxylic acids is 2. The molecule has 0 saturated heterocycles. The van der Waals surface area contributed by atoms with Crippen molar-refractivity contribution in [2.75, 3.05) is 24.4 Å². The first kappa shape index (κ1) is 23.9. The predicted octanol–water partition coefficient (Wildman–Crippen LogP) is 4.13. The van der Waals surface area contributed by atoms with Crippen LogP contribution in [0.4, 0.5) is 11.5 Å². The van der Waals surface area contributed by atoms with Crippen LogP contribution in [0.25, 0.3) is 10.9 Å². The second-order valence-electron chi connectivity index (χ2n) is 7.35. The van der Waals surface area contributed by atoms with Gasteiger partial charge in [-0.1, -0.05) is 5.92 Å². The lowest BCUT2D eigenvalue weighted by Gasteiger charge is -2.11. The van der Waals surface area contributed by atoms with Crippen LogP contribution in [-0.4, -0.2) is 35.5 Å². The Bertz CT molecular complexity index is 1530. The molecule has 9 nitrogen and oxygen atoms in total. The van der Waals surface area contributed by atoms with Gasteiger partial charge in [0.05, 0.1) is 17.1 Å². The number of fused-ring (bicyclic) bond motifs is 1. The van der Waals surface area contributed by atoms with E-state index in [0.29, 0.717) is 39.2 Å². The minimum atomic E-state index is -0.457. The van der Waals surface area contributed by atoms with Crippen molar-refractivity contribution >= 4 is 34.2 Å². The maximum atomic E-state index is 12.5.